The van der Waals surface area contributed by atoms with E-state index in [-0.39, 0.29) is 0 Å². The standard InChI is InChI=1S/C19H19N5/c1-2-6-16(7-3-1)17-14-20-15-19(22-17)24-12-10-23(11-13-24)18-8-4-5-9-21-18/h1-9,14-15H,10-13H2. The van der Waals surface area contributed by atoms with Crippen LogP contribution >= 0.6 is 0 Å². The first kappa shape index (κ1) is 14.6. The lowest BCUT2D eigenvalue weighted by Crippen LogP contribution is -2.47. The summed E-state index contributed by atoms with van der Waals surface area (Å²) in [6.07, 6.45) is 5.52. The second-order valence-corrected chi connectivity index (χ2v) is 5.79. The van der Waals surface area contributed by atoms with Crippen molar-refractivity contribution in [1.29, 1.82) is 0 Å². The third kappa shape index (κ3) is 3.06. The van der Waals surface area contributed by atoms with Gasteiger partial charge in [-0.1, -0.05) is 36.4 Å². The highest BCUT2D eigenvalue weighted by Gasteiger charge is 2.19. The van der Waals surface area contributed by atoms with E-state index in [2.05, 4.69) is 38.0 Å². The fourth-order valence-electron chi connectivity index (χ4n) is 2.96. The van der Waals surface area contributed by atoms with Crippen molar-refractivity contribution in [3.63, 3.8) is 0 Å². The Morgan fingerprint density at radius 3 is 2.12 bits per heavy atom. The van der Waals surface area contributed by atoms with Crippen LogP contribution in [0.1, 0.15) is 0 Å². The van der Waals surface area contributed by atoms with Gasteiger partial charge in [0.25, 0.3) is 0 Å². The summed E-state index contributed by atoms with van der Waals surface area (Å²) in [5, 5.41) is 0. The lowest BCUT2D eigenvalue weighted by molar-refractivity contribution is 0.641. The van der Waals surface area contributed by atoms with E-state index in [0.717, 1.165) is 49.1 Å². The molecule has 0 amide bonds. The van der Waals surface area contributed by atoms with Crippen LogP contribution in [0.4, 0.5) is 11.6 Å². The molecule has 0 atom stereocenters. The van der Waals surface area contributed by atoms with Gasteiger partial charge in [0.2, 0.25) is 0 Å². The quantitative estimate of drug-likeness (QED) is 0.743. The molecule has 5 nitrogen and oxygen atoms in total. The van der Waals surface area contributed by atoms with Crippen molar-refractivity contribution >= 4 is 11.6 Å². The van der Waals surface area contributed by atoms with E-state index in [1.807, 2.05) is 48.9 Å². The Labute approximate surface area is 141 Å². The molecule has 24 heavy (non-hydrogen) atoms. The maximum absolute atomic E-state index is 4.79. The van der Waals surface area contributed by atoms with Gasteiger partial charge in [-0.15, -0.1) is 0 Å². The summed E-state index contributed by atoms with van der Waals surface area (Å²) in [4.78, 5) is 18.2. The van der Waals surface area contributed by atoms with Crippen molar-refractivity contribution in [2.75, 3.05) is 36.0 Å². The van der Waals surface area contributed by atoms with Crippen molar-refractivity contribution < 1.29 is 0 Å². The van der Waals surface area contributed by atoms with Gasteiger partial charge in [0.05, 0.1) is 18.1 Å². The number of hydrogen-bond donors (Lipinski definition) is 0. The van der Waals surface area contributed by atoms with E-state index in [9.17, 15) is 0 Å². The van der Waals surface area contributed by atoms with Crippen LogP contribution in [-0.4, -0.2) is 41.1 Å². The Morgan fingerprint density at radius 1 is 0.708 bits per heavy atom. The van der Waals surface area contributed by atoms with Crippen LogP contribution < -0.4 is 9.80 Å². The minimum atomic E-state index is 0.917. The molecule has 1 saturated heterocycles. The van der Waals surface area contributed by atoms with Crippen molar-refractivity contribution in [2.24, 2.45) is 0 Å². The minimum absolute atomic E-state index is 0.917. The topological polar surface area (TPSA) is 45.2 Å². The molecule has 1 aliphatic rings. The molecule has 2 aromatic heterocycles. The maximum Gasteiger partial charge on any atom is 0.147 e. The second kappa shape index (κ2) is 6.66. The van der Waals surface area contributed by atoms with Crippen LogP contribution in [0.2, 0.25) is 0 Å². The molecule has 1 aromatic carbocycles. The average molecular weight is 317 g/mol. The van der Waals surface area contributed by atoms with Gasteiger partial charge < -0.3 is 9.80 Å². The highest BCUT2D eigenvalue weighted by Crippen LogP contribution is 2.21. The summed E-state index contributed by atoms with van der Waals surface area (Å²) in [5.41, 5.74) is 2.01. The molecule has 0 radical (unpaired) electrons. The molecule has 0 spiro atoms. The van der Waals surface area contributed by atoms with Crippen LogP contribution in [0, 0.1) is 0 Å². The molecule has 4 rings (SSSR count). The summed E-state index contributed by atoms with van der Waals surface area (Å²) >= 11 is 0. The monoisotopic (exact) mass is 317 g/mol. The molecular weight excluding hydrogens is 298 g/mol. The minimum Gasteiger partial charge on any atom is -0.353 e. The van der Waals surface area contributed by atoms with E-state index < -0.39 is 0 Å². The van der Waals surface area contributed by atoms with Gasteiger partial charge in [-0.05, 0) is 12.1 Å². The number of benzene rings is 1. The van der Waals surface area contributed by atoms with Gasteiger partial charge in [-0.25, -0.2) is 9.97 Å². The molecule has 0 saturated carbocycles. The molecule has 0 N–H and O–H groups in total. The van der Waals surface area contributed by atoms with E-state index in [1.165, 1.54) is 0 Å². The van der Waals surface area contributed by atoms with E-state index in [1.54, 1.807) is 0 Å². The number of aromatic nitrogens is 3. The second-order valence-electron chi connectivity index (χ2n) is 5.79. The third-order valence-corrected chi connectivity index (χ3v) is 4.27. The van der Waals surface area contributed by atoms with E-state index in [4.69, 9.17) is 4.98 Å². The summed E-state index contributed by atoms with van der Waals surface area (Å²) < 4.78 is 0. The highest BCUT2D eigenvalue weighted by atomic mass is 15.3. The number of rotatable bonds is 3. The smallest absolute Gasteiger partial charge is 0.147 e. The van der Waals surface area contributed by atoms with Gasteiger partial charge in [0.15, 0.2) is 0 Å². The zero-order valence-electron chi connectivity index (χ0n) is 13.4. The normalized spacial score (nSPS) is 14.7. The van der Waals surface area contributed by atoms with Crippen molar-refractivity contribution in [1.82, 2.24) is 15.0 Å². The Morgan fingerprint density at radius 2 is 1.42 bits per heavy atom. The molecule has 0 aliphatic carbocycles. The van der Waals surface area contributed by atoms with Gasteiger partial charge in [-0.2, -0.15) is 0 Å². The van der Waals surface area contributed by atoms with Crippen LogP contribution in [0.15, 0.2) is 67.1 Å². The fraction of sp³-hybridized carbons (Fsp3) is 0.211. The third-order valence-electron chi connectivity index (χ3n) is 4.27. The lowest BCUT2D eigenvalue weighted by atomic mass is 10.2. The first-order valence-electron chi connectivity index (χ1n) is 8.18. The van der Waals surface area contributed by atoms with Gasteiger partial charge >= 0.3 is 0 Å². The fourth-order valence-corrected chi connectivity index (χ4v) is 2.96. The Balaban J connectivity index is 1.48. The Kier molecular flexibility index (Phi) is 4.06. The number of anilines is 2. The number of nitrogens with zero attached hydrogens (tertiary/aromatic N) is 5. The number of hydrogen-bond acceptors (Lipinski definition) is 5. The summed E-state index contributed by atoms with van der Waals surface area (Å²) in [6.45, 7) is 3.72. The van der Waals surface area contributed by atoms with Gasteiger partial charge in [0, 0.05) is 37.9 Å². The average Bonchev–Trinajstić information content (AvgIpc) is 2.70. The molecule has 3 heterocycles. The van der Waals surface area contributed by atoms with Gasteiger partial charge in [0.1, 0.15) is 11.6 Å². The summed E-state index contributed by atoms with van der Waals surface area (Å²) in [5.74, 6) is 1.98. The molecule has 120 valence electrons. The van der Waals surface area contributed by atoms with Gasteiger partial charge in [-0.3, -0.25) is 4.98 Å². The predicted molar refractivity (Wildman–Crippen MR) is 96.1 cm³/mol. The van der Waals surface area contributed by atoms with Crippen LogP contribution in [0.25, 0.3) is 11.3 Å². The molecule has 0 unspecified atom stereocenters. The molecular formula is C19H19N5. The molecule has 1 fully saturated rings. The van der Waals surface area contributed by atoms with Crippen LogP contribution in [0.3, 0.4) is 0 Å². The van der Waals surface area contributed by atoms with Crippen molar-refractivity contribution in [3.8, 4) is 11.3 Å². The highest BCUT2D eigenvalue weighted by molar-refractivity contribution is 5.60. The first-order valence-corrected chi connectivity index (χ1v) is 8.18. The number of piperazine rings is 1. The van der Waals surface area contributed by atoms with Crippen LogP contribution in [0.5, 0.6) is 0 Å². The Bertz CT molecular complexity index is 783. The SMILES string of the molecule is c1ccc(-c2cncc(N3CCN(c4ccccn4)CC3)n2)cc1. The molecule has 0 bridgehead atoms. The predicted octanol–water partition coefficient (Wildman–Crippen LogP) is 2.87. The molecule has 5 heteroatoms. The van der Waals surface area contributed by atoms with E-state index >= 15 is 0 Å². The molecule has 3 aromatic rings. The maximum atomic E-state index is 4.79. The first-order chi connectivity index (χ1) is 11.9. The summed E-state index contributed by atoms with van der Waals surface area (Å²) in [6, 6.07) is 16.2. The summed E-state index contributed by atoms with van der Waals surface area (Å²) in [7, 11) is 0. The largest absolute Gasteiger partial charge is 0.353 e. The number of pyridine rings is 1. The molecule has 1 aliphatic heterocycles. The van der Waals surface area contributed by atoms with E-state index in [0.29, 0.717) is 0 Å². The van der Waals surface area contributed by atoms with Crippen molar-refractivity contribution in [2.45, 2.75) is 0 Å². The zero-order valence-corrected chi connectivity index (χ0v) is 13.4. The van der Waals surface area contributed by atoms with Crippen LogP contribution in [-0.2, 0) is 0 Å². The van der Waals surface area contributed by atoms with Crippen molar-refractivity contribution in [3.05, 3.63) is 67.1 Å². The Hall–Kier alpha value is -2.95. The lowest BCUT2D eigenvalue weighted by Gasteiger charge is -2.35. The zero-order chi connectivity index (χ0) is 16.2.